The summed E-state index contributed by atoms with van der Waals surface area (Å²) < 4.78 is 21.0. The van der Waals surface area contributed by atoms with Crippen molar-refractivity contribution in [2.45, 2.75) is 69.2 Å². The standard InChI is InChI=1S/C28H37N6O10P/c29-19-6-4-5-18(13-19)16-43-27(39)33-22(14-17-7-9-20(10-8-17)44-45(40,41)42)25(37)34-28(11-2-1-3-12-28)26(38)32-21(24(31)36)15-23(30)35/h4-10,13,21-22H,1-3,11-12,14-16,29H2,(H2,30,35)(H2,31,36)(H,32,38)(H,33,39)(H,34,37)(H2,40,41,42). The third-order valence-electron chi connectivity index (χ3n) is 7.08. The highest BCUT2D eigenvalue weighted by molar-refractivity contribution is 7.46. The normalized spacial score (nSPS) is 15.5. The Labute approximate surface area is 258 Å². The van der Waals surface area contributed by atoms with E-state index in [2.05, 4.69) is 20.5 Å². The maximum absolute atomic E-state index is 13.8. The average Bonchev–Trinajstić information content (AvgIpc) is 2.95. The molecule has 2 aromatic rings. The molecule has 0 spiro atoms. The van der Waals surface area contributed by atoms with Gasteiger partial charge < -0.3 is 42.4 Å². The van der Waals surface area contributed by atoms with Crippen LogP contribution in [0.4, 0.5) is 10.5 Å². The summed E-state index contributed by atoms with van der Waals surface area (Å²) >= 11 is 0. The van der Waals surface area contributed by atoms with E-state index in [-0.39, 0.29) is 31.6 Å². The molecule has 1 aliphatic carbocycles. The molecule has 17 heteroatoms. The van der Waals surface area contributed by atoms with Crippen molar-refractivity contribution >= 4 is 43.2 Å². The van der Waals surface area contributed by atoms with Gasteiger partial charge in [-0.05, 0) is 48.2 Å². The Morgan fingerprint density at radius 2 is 1.58 bits per heavy atom. The average molecular weight is 649 g/mol. The zero-order valence-corrected chi connectivity index (χ0v) is 25.2. The number of rotatable bonds is 14. The van der Waals surface area contributed by atoms with Crippen molar-refractivity contribution in [1.29, 1.82) is 0 Å². The van der Waals surface area contributed by atoms with Gasteiger partial charge in [-0.15, -0.1) is 0 Å². The molecule has 1 fully saturated rings. The van der Waals surface area contributed by atoms with Crippen LogP contribution in [-0.2, 0) is 41.5 Å². The van der Waals surface area contributed by atoms with Crippen LogP contribution in [0.1, 0.15) is 49.7 Å². The second kappa shape index (κ2) is 15.4. The second-order valence-corrected chi connectivity index (χ2v) is 11.8. The molecule has 244 valence electrons. The lowest BCUT2D eigenvalue weighted by molar-refractivity contribution is -0.138. The Hall–Kier alpha value is -4.66. The molecule has 0 aliphatic heterocycles. The number of amides is 5. The van der Waals surface area contributed by atoms with Gasteiger partial charge in [0.2, 0.25) is 23.6 Å². The first kappa shape index (κ1) is 34.8. The first-order valence-corrected chi connectivity index (χ1v) is 15.5. The van der Waals surface area contributed by atoms with Crippen molar-refractivity contribution in [3.63, 3.8) is 0 Å². The quantitative estimate of drug-likeness (QED) is 0.101. The van der Waals surface area contributed by atoms with Gasteiger partial charge in [0.15, 0.2) is 0 Å². The fourth-order valence-electron chi connectivity index (χ4n) is 4.89. The third kappa shape index (κ3) is 11.1. The van der Waals surface area contributed by atoms with E-state index in [1.165, 1.54) is 24.3 Å². The zero-order chi connectivity index (χ0) is 33.2. The molecule has 5 amide bonds. The van der Waals surface area contributed by atoms with E-state index in [4.69, 9.17) is 31.7 Å². The zero-order valence-electron chi connectivity index (χ0n) is 24.3. The van der Waals surface area contributed by atoms with Gasteiger partial charge in [0.05, 0.1) is 6.42 Å². The number of nitrogens with one attached hydrogen (secondary N) is 3. The SMILES string of the molecule is NC(=O)CC(NC(=O)C1(NC(=O)C(Cc2ccc(OP(=O)(O)O)cc2)NC(=O)OCc2cccc(N)c2)CCCCC1)C(N)=O. The number of hydrogen-bond acceptors (Lipinski definition) is 9. The van der Waals surface area contributed by atoms with Crippen LogP contribution in [0.25, 0.3) is 0 Å². The number of anilines is 1. The van der Waals surface area contributed by atoms with Crippen LogP contribution in [0.3, 0.4) is 0 Å². The maximum atomic E-state index is 13.8. The van der Waals surface area contributed by atoms with Crippen LogP contribution in [0.2, 0.25) is 0 Å². The van der Waals surface area contributed by atoms with Crippen molar-refractivity contribution in [2.24, 2.45) is 11.5 Å². The van der Waals surface area contributed by atoms with Crippen LogP contribution >= 0.6 is 7.82 Å². The highest BCUT2D eigenvalue weighted by atomic mass is 31.2. The number of alkyl carbamates (subject to hydrolysis) is 1. The molecule has 0 aromatic heterocycles. The Kier molecular flexibility index (Phi) is 11.9. The van der Waals surface area contributed by atoms with E-state index >= 15 is 0 Å². The maximum Gasteiger partial charge on any atom is 0.524 e. The van der Waals surface area contributed by atoms with Gasteiger partial charge in [-0.25, -0.2) is 9.36 Å². The molecule has 16 nitrogen and oxygen atoms in total. The Balaban J connectivity index is 1.83. The lowest BCUT2D eigenvalue weighted by Crippen LogP contribution is -2.65. The summed E-state index contributed by atoms with van der Waals surface area (Å²) in [5, 5.41) is 7.68. The molecule has 2 aromatic carbocycles. The number of benzene rings is 2. The largest absolute Gasteiger partial charge is 0.524 e. The first-order valence-electron chi connectivity index (χ1n) is 14.0. The number of nitrogen functional groups attached to an aromatic ring is 1. The molecule has 45 heavy (non-hydrogen) atoms. The Morgan fingerprint density at radius 3 is 2.16 bits per heavy atom. The highest BCUT2D eigenvalue weighted by Gasteiger charge is 2.43. The van der Waals surface area contributed by atoms with Crippen molar-refractivity contribution in [1.82, 2.24) is 16.0 Å². The minimum atomic E-state index is -4.80. The predicted molar refractivity (Wildman–Crippen MR) is 160 cm³/mol. The summed E-state index contributed by atoms with van der Waals surface area (Å²) in [6, 6.07) is 9.40. The fourth-order valence-corrected chi connectivity index (χ4v) is 5.29. The molecule has 0 heterocycles. The van der Waals surface area contributed by atoms with E-state index in [0.717, 1.165) is 6.42 Å². The van der Waals surface area contributed by atoms with Gasteiger partial charge in [0.25, 0.3) is 0 Å². The van der Waals surface area contributed by atoms with Crippen LogP contribution < -0.4 is 37.7 Å². The summed E-state index contributed by atoms with van der Waals surface area (Å²) in [6.07, 6.45) is 0.706. The van der Waals surface area contributed by atoms with E-state index in [0.29, 0.717) is 29.7 Å². The smallest absolute Gasteiger partial charge is 0.445 e. The molecular weight excluding hydrogens is 611 g/mol. The Morgan fingerprint density at radius 1 is 0.911 bits per heavy atom. The topological polar surface area (TPSA) is 275 Å². The van der Waals surface area contributed by atoms with Crippen LogP contribution in [0.15, 0.2) is 48.5 Å². The highest BCUT2D eigenvalue weighted by Crippen LogP contribution is 2.37. The summed E-state index contributed by atoms with van der Waals surface area (Å²) in [5.74, 6) is -3.45. The lowest BCUT2D eigenvalue weighted by atomic mass is 9.80. The fraction of sp³-hybridized carbons (Fsp3) is 0.393. The van der Waals surface area contributed by atoms with Crippen molar-refractivity contribution in [3.8, 4) is 5.75 Å². The van der Waals surface area contributed by atoms with Gasteiger partial charge in [-0.3, -0.25) is 29.0 Å². The summed E-state index contributed by atoms with van der Waals surface area (Å²) in [7, 11) is -4.80. The molecule has 11 N–H and O–H groups in total. The van der Waals surface area contributed by atoms with E-state index < -0.39 is 61.6 Å². The van der Waals surface area contributed by atoms with Crippen LogP contribution in [0.5, 0.6) is 5.75 Å². The number of carbonyl (C=O) groups is 5. The number of nitrogens with two attached hydrogens (primary N) is 3. The Bertz CT molecular complexity index is 1440. The summed E-state index contributed by atoms with van der Waals surface area (Å²) in [6.45, 7) is -0.152. The van der Waals surface area contributed by atoms with Gasteiger partial charge >= 0.3 is 13.9 Å². The molecule has 0 saturated heterocycles. The predicted octanol–water partition coefficient (Wildman–Crippen LogP) is 0.242. The van der Waals surface area contributed by atoms with E-state index in [9.17, 15) is 28.5 Å². The number of phosphoric ester groups is 1. The molecule has 0 radical (unpaired) electrons. The molecule has 1 aliphatic rings. The van der Waals surface area contributed by atoms with Gasteiger partial charge in [0, 0.05) is 12.1 Å². The number of primary amides is 2. The summed E-state index contributed by atoms with van der Waals surface area (Å²) in [4.78, 5) is 81.5. The molecule has 1 saturated carbocycles. The molecular formula is C28H37N6O10P. The molecule has 0 bridgehead atoms. The summed E-state index contributed by atoms with van der Waals surface area (Å²) in [5.41, 5.74) is 16.3. The van der Waals surface area contributed by atoms with Gasteiger partial charge in [-0.2, -0.15) is 0 Å². The second-order valence-electron chi connectivity index (χ2n) is 10.7. The first-order chi connectivity index (χ1) is 21.2. The molecule has 2 atom stereocenters. The minimum Gasteiger partial charge on any atom is -0.445 e. The van der Waals surface area contributed by atoms with E-state index in [1.54, 1.807) is 24.3 Å². The number of hydrogen-bond donors (Lipinski definition) is 8. The van der Waals surface area contributed by atoms with Crippen molar-refractivity contribution in [2.75, 3.05) is 5.73 Å². The number of phosphoric acid groups is 1. The van der Waals surface area contributed by atoms with Gasteiger partial charge in [-0.1, -0.05) is 43.5 Å². The molecule has 2 unspecified atom stereocenters. The number of carbonyl (C=O) groups excluding carboxylic acids is 5. The van der Waals surface area contributed by atoms with Crippen molar-refractivity contribution < 1.29 is 47.6 Å². The van der Waals surface area contributed by atoms with Crippen LogP contribution in [0, 0.1) is 0 Å². The third-order valence-corrected chi connectivity index (χ3v) is 7.52. The number of ether oxygens (including phenoxy) is 1. The van der Waals surface area contributed by atoms with Crippen LogP contribution in [-0.4, -0.2) is 57.1 Å². The van der Waals surface area contributed by atoms with Crippen molar-refractivity contribution in [3.05, 3.63) is 59.7 Å². The minimum absolute atomic E-state index is 0.125. The van der Waals surface area contributed by atoms with Gasteiger partial charge in [0.1, 0.15) is 30.0 Å². The lowest BCUT2D eigenvalue weighted by Gasteiger charge is -2.38. The monoisotopic (exact) mass is 648 g/mol. The molecule has 3 rings (SSSR count). The van der Waals surface area contributed by atoms with E-state index in [1.807, 2.05) is 0 Å².